The molecule has 0 unspecified atom stereocenters. The first-order chi connectivity index (χ1) is 13.3. The third-order valence-corrected chi connectivity index (χ3v) is 4.23. The summed E-state index contributed by atoms with van der Waals surface area (Å²) in [5.74, 6) is -3.00. The van der Waals surface area contributed by atoms with Crippen LogP contribution in [-0.4, -0.2) is 45.6 Å². The van der Waals surface area contributed by atoms with E-state index in [1.165, 1.54) is 0 Å². The van der Waals surface area contributed by atoms with Gasteiger partial charge in [0.15, 0.2) is 0 Å². The maximum atomic E-state index is 11.8. The van der Waals surface area contributed by atoms with E-state index in [0.29, 0.717) is 30.0 Å². The van der Waals surface area contributed by atoms with Crippen molar-refractivity contribution in [2.45, 2.75) is 64.2 Å². The molecule has 2 aliphatic heterocycles. The Labute approximate surface area is 161 Å². The summed E-state index contributed by atoms with van der Waals surface area (Å²) in [6, 6.07) is 0. The summed E-state index contributed by atoms with van der Waals surface area (Å²) >= 11 is 0. The predicted octanol–water partition coefficient (Wildman–Crippen LogP) is 1.10. The van der Waals surface area contributed by atoms with E-state index in [4.69, 9.17) is 9.68 Å². The zero-order valence-electron chi connectivity index (χ0n) is 15.4. The number of carbonyl (C=O) groups is 6. The summed E-state index contributed by atoms with van der Waals surface area (Å²) in [5.41, 5.74) is 0.411. The van der Waals surface area contributed by atoms with Crippen molar-refractivity contribution in [3.05, 3.63) is 12.3 Å². The van der Waals surface area contributed by atoms with Gasteiger partial charge in [-0.05, 0) is 19.3 Å². The molecule has 2 fully saturated rings. The van der Waals surface area contributed by atoms with Crippen LogP contribution < -0.4 is 0 Å². The largest absolute Gasteiger partial charge is 0.334 e. The first-order valence-electron chi connectivity index (χ1n) is 9.07. The van der Waals surface area contributed by atoms with Gasteiger partial charge in [-0.25, -0.2) is 9.59 Å². The second-order valence-corrected chi connectivity index (χ2v) is 6.51. The van der Waals surface area contributed by atoms with Crippen molar-refractivity contribution in [1.29, 1.82) is 0 Å². The molecule has 10 nitrogen and oxygen atoms in total. The third kappa shape index (κ3) is 6.00. The Morgan fingerprint density at radius 1 is 0.714 bits per heavy atom. The topological polar surface area (TPSA) is 127 Å². The molecule has 3 amide bonds. The monoisotopic (exact) mass is 394 g/mol. The Morgan fingerprint density at radius 3 is 1.82 bits per heavy atom. The van der Waals surface area contributed by atoms with E-state index < -0.39 is 23.8 Å². The lowest BCUT2D eigenvalue weighted by molar-refractivity contribution is -0.197. The molecule has 0 spiro atoms. The second kappa shape index (κ2) is 9.77. The average Bonchev–Trinajstić information content (AvgIpc) is 3.13. The maximum absolute atomic E-state index is 11.8. The number of ketones is 1. The number of hydrogen-bond donors (Lipinski definition) is 0. The third-order valence-electron chi connectivity index (χ3n) is 4.23. The zero-order valence-corrected chi connectivity index (χ0v) is 15.4. The molecule has 0 radical (unpaired) electrons. The summed E-state index contributed by atoms with van der Waals surface area (Å²) in [5, 5.41) is 1.35. The fraction of sp³-hybridized carbons (Fsp3) is 0.556. The van der Waals surface area contributed by atoms with Gasteiger partial charge < -0.3 is 9.68 Å². The van der Waals surface area contributed by atoms with Gasteiger partial charge in [0.1, 0.15) is 5.78 Å². The number of amides is 3. The number of unbranched alkanes of at least 4 members (excludes halogenated alkanes) is 1. The lowest BCUT2D eigenvalue weighted by Crippen LogP contribution is -2.31. The summed E-state index contributed by atoms with van der Waals surface area (Å²) in [4.78, 5) is 78.9. The highest BCUT2D eigenvalue weighted by Gasteiger charge is 2.32. The predicted molar refractivity (Wildman–Crippen MR) is 91.2 cm³/mol. The molecule has 2 aliphatic rings. The molecule has 28 heavy (non-hydrogen) atoms. The molecule has 0 aromatic carbocycles. The molecule has 2 saturated heterocycles. The molecule has 0 atom stereocenters. The van der Waals surface area contributed by atoms with Crippen LogP contribution in [0.1, 0.15) is 64.2 Å². The van der Waals surface area contributed by atoms with Gasteiger partial charge in [-0.1, -0.05) is 6.58 Å². The molecule has 0 N–H and O–H groups in total. The molecule has 10 heteroatoms. The van der Waals surface area contributed by atoms with Gasteiger partial charge in [-0.3, -0.25) is 19.2 Å². The van der Waals surface area contributed by atoms with E-state index in [-0.39, 0.29) is 56.6 Å². The highest BCUT2D eigenvalue weighted by Crippen LogP contribution is 2.21. The van der Waals surface area contributed by atoms with Gasteiger partial charge in [0, 0.05) is 38.5 Å². The van der Waals surface area contributed by atoms with Crippen molar-refractivity contribution >= 4 is 35.4 Å². The van der Waals surface area contributed by atoms with Crippen LogP contribution in [-0.2, 0) is 38.4 Å². The Balaban J connectivity index is 1.56. The first kappa shape index (κ1) is 21.3. The van der Waals surface area contributed by atoms with Crippen LogP contribution in [0.15, 0.2) is 12.3 Å². The van der Waals surface area contributed by atoms with E-state index >= 15 is 0 Å². The van der Waals surface area contributed by atoms with Crippen molar-refractivity contribution in [3.8, 4) is 0 Å². The number of imide groups is 1. The van der Waals surface area contributed by atoms with Crippen molar-refractivity contribution in [1.82, 2.24) is 10.1 Å². The van der Waals surface area contributed by atoms with Gasteiger partial charge in [-0.15, -0.1) is 10.1 Å². The standard InChI is InChI=1S/C18H22N2O8/c1-12-6-8-14(22)19(12)27-18(26)11-7-13(21)4-2-3-5-17(25)28-20-15(23)9-10-16(20)24/h1-11H2. The molecular weight excluding hydrogens is 372 g/mol. The number of nitrogens with zero attached hydrogens (tertiary/aromatic N) is 2. The van der Waals surface area contributed by atoms with Gasteiger partial charge in [-0.2, -0.15) is 0 Å². The number of rotatable bonds is 10. The van der Waals surface area contributed by atoms with E-state index in [1.807, 2.05) is 0 Å². The minimum absolute atomic E-state index is 0.0308. The van der Waals surface area contributed by atoms with Crippen LogP contribution in [0.2, 0.25) is 0 Å². The molecule has 152 valence electrons. The number of carbonyl (C=O) groups excluding carboxylic acids is 6. The highest BCUT2D eigenvalue weighted by molar-refractivity contribution is 6.01. The smallest absolute Gasteiger partial charge is 0.333 e. The summed E-state index contributed by atoms with van der Waals surface area (Å²) < 4.78 is 0. The molecule has 0 saturated carbocycles. The second-order valence-electron chi connectivity index (χ2n) is 6.51. The Bertz CT molecular complexity index is 682. The van der Waals surface area contributed by atoms with Crippen LogP contribution in [0.4, 0.5) is 0 Å². The lowest BCUT2D eigenvalue weighted by atomic mass is 10.1. The lowest BCUT2D eigenvalue weighted by Gasteiger charge is -2.15. The SMILES string of the molecule is C=C1CCC(=O)N1OC(=O)CCC(=O)CCCCC(=O)ON1C(=O)CCC1=O. The quantitative estimate of drug-likeness (QED) is 0.398. The van der Waals surface area contributed by atoms with Crippen LogP contribution in [0.25, 0.3) is 0 Å². The van der Waals surface area contributed by atoms with Crippen LogP contribution >= 0.6 is 0 Å². The summed E-state index contributed by atoms with van der Waals surface area (Å²) in [7, 11) is 0. The van der Waals surface area contributed by atoms with E-state index in [2.05, 4.69) is 6.58 Å². The van der Waals surface area contributed by atoms with E-state index in [9.17, 15) is 28.8 Å². The molecule has 0 aromatic rings. The van der Waals surface area contributed by atoms with Gasteiger partial charge in [0.2, 0.25) is 0 Å². The number of hydrogen-bond acceptors (Lipinski definition) is 8. The van der Waals surface area contributed by atoms with E-state index in [0.717, 1.165) is 5.06 Å². The zero-order chi connectivity index (χ0) is 20.7. The normalized spacial score (nSPS) is 16.7. The fourth-order valence-electron chi connectivity index (χ4n) is 2.66. The van der Waals surface area contributed by atoms with Crippen LogP contribution in [0.5, 0.6) is 0 Å². The van der Waals surface area contributed by atoms with Crippen molar-refractivity contribution < 1.29 is 38.4 Å². The fourth-order valence-corrected chi connectivity index (χ4v) is 2.66. The Hall–Kier alpha value is -3.04. The van der Waals surface area contributed by atoms with Gasteiger partial charge in [0.05, 0.1) is 12.1 Å². The maximum Gasteiger partial charge on any atom is 0.333 e. The number of Topliss-reactive ketones (excluding diaryl/α,β-unsaturated/α-hetero) is 1. The minimum Gasteiger partial charge on any atom is -0.334 e. The molecule has 2 rings (SSSR count). The number of hydroxylamine groups is 4. The average molecular weight is 394 g/mol. The first-order valence-corrected chi connectivity index (χ1v) is 9.07. The highest BCUT2D eigenvalue weighted by atomic mass is 16.7. The molecule has 0 aliphatic carbocycles. The van der Waals surface area contributed by atoms with Crippen molar-refractivity contribution in [3.63, 3.8) is 0 Å². The molecule has 0 aromatic heterocycles. The van der Waals surface area contributed by atoms with E-state index in [1.54, 1.807) is 0 Å². The van der Waals surface area contributed by atoms with Crippen LogP contribution in [0, 0.1) is 0 Å². The van der Waals surface area contributed by atoms with Crippen molar-refractivity contribution in [2.75, 3.05) is 0 Å². The molecular formula is C18H22N2O8. The van der Waals surface area contributed by atoms with Gasteiger partial charge in [0.25, 0.3) is 17.7 Å². The Kier molecular flexibility index (Phi) is 7.42. The Morgan fingerprint density at radius 2 is 1.21 bits per heavy atom. The minimum atomic E-state index is -0.713. The molecule has 2 heterocycles. The summed E-state index contributed by atoms with van der Waals surface area (Å²) in [6.45, 7) is 3.62. The van der Waals surface area contributed by atoms with Crippen molar-refractivity contribution in [2.24, 2.45) is 0 Å². The van der Waals surface area contributed by atoms with Gasteiger partial charge >= 0.3 is 11.9 Å². The van der Waals surface area contributed by atoms with Crippen LogP contribution in [0.3, 0.4) is 0 Å². The summed E-state index contributed by atoms with van der Waals surface area (Å²) in [6.07, 6.45) is 1.42. The number of allylic oxidation sites excluding steroid dienone is 1. The molecule has 0 bridgehead atoms.